The van der Waals surface area contributed by atoms with E-state index in [0.717, 1.165) is 17.8 Å². The van der Waals surface area contributed by atoms with Gasteiger partial charge in [0.2, 0.25) is 11.8 Å². The number of carbonyl (C=O) groups excluding carboxylic acids is 3. The summed E-state index contributed by atoms with van der Waals surface area (Å²) in [6.07, 6.45) is 0.664. The number of carbonyl (C=O) groups is 3. The van der Waals surface area contributed by atoms with Gasteiger partial charge in [-0.05, 0) is 25.5 Å². The van der Waals surface area contributed by atoms with E-state index in [0.29, 0.717) is 18.5 Å². The summed E-state index contributed by atoms with van der Waals surface area (Å²) in [6, 6.07) is 4.99. The van der Waals surface area contributed by atoms with E-state index in [9.17, 15) is 14.4 Å². The Morgan fingerprint density at radius 1 is 1.33 bits per heavy atom. The lowest BCUT2D eigenvalue weighted by Crippen LogP contribution is -2.52. The molecule has 0 bridgehead atoms. The number of fused-ring (bicyclic) bond motifs is 1. The number of anilines is 1. The highest BCUT2D eigenvalue weighted by Crippen LogP contribution is 2.32. The van der Waals surface area contributed by atoms with Gasteiger partial charge in [-0.2, -0.15) is 0 Å². The van der Waals surface area contributed by atoms with E-state index in [1.165, 1.54) is 0 Å². The van der Waals surface area contributed by atoms with Crippen LogP contribution in [0.1, 0.15) is 35.7 Å². The average Bonchev–Trinajstić information content (AvgIpc) is 2.78. The minimum atomic E-state index is -0.558. The topological polar surface area (TPSA) is 78.5 Å². The molecule has 2 aliphatic heterocycles. The molecular weight excluding hydrogens is 270 g/mol. The Labute approximate surface area is 122 Å². The number of nitrogens with one attached hydrogen (secondary N) is 2. The van der Waals surface area contributed by atoms with Crippen molar-refractivity contribution in [3.63, 3.8) is 0 Å². The zero-order valence-electron chi connectivity index (χ0n) is 11.8. The number of rotatable bonds is 3. The summed E-state index contributed by atoms with van der Waals surface area (Å²) in [5.74, 6) is -0.787. The molecule has 0 spiro atoms. The summed E-state index contributed by atoms with van der Waals surface area (Å²) >= 11 is 0. The Hall–Kier alpha value is -2.37. The first-order valence-corrected chi connectivity index (χ1v) is 7.12. The second kappa shape index (κ2) is 5.20. The smallest absolute Gasteiger partial charge is 0.255 e. The van der Waals surface area contributed by atoms with E-state index in [1.807, 2.05) is 19.1 Å². The minimum absolute atomic E-state index is 0.140. The molecule has 110 valence electrons. The van der Waals surface area contributed by atoms with Crippen LogP contribution in [-0.2, 0) is 16.1 Å². The summed E-state index contributed by atoms with van der Waals surface area (Å²) in [7, 11) is 0. The lowest BCUT2D eigenvalue weighted by atomic mass is 10.0. The Balaban J connectivity index is 1.88. The summed E-state index contributed by atoms with van der Waals surface area (Å²) in [6.45, 7) is 3.17. The Kier molecular flexibility index (Phi) is 3.37. The molecule has 1 fully saturated rings. The molecule has 2 N–H and O–H groups in total. The van der Waals surface area contributed by atoms with Gasteiger partial charge in [0.05, 0.1) is 0 Å². The normalized spacial score (nSPS) is 21.3. The van der Waals surface area contributed by atoms with Crippen molar-refractivity contribution >= 4 is 23.4 Å². The second-order valence-corrected chi connectivity index (χ2v) is 5.26. The highest BCUT2D eigenvalue weighted by molar-refractivity contribution is 6.06. The third-order valence-corrected chi connectivity index (χ3v) is 3.95. The van der Waals surface area contributed by atoms with Crippen molar-refractivity contribution in [2.75, 3.05) is 11.9 Å². The average molecular weight is 287 g/mol. The number of piperidine rings is 1. The van der Waals surface area contributed by atoms with Gasteiger partial charge in [-0.15, -0.1) is 0 Å². The van der Waals surface area contributed by atoms with Crippen molar-refractivity contribution in [1.82, 2.24) is 10.2 Å². The summed E-state index contributed by atoms with van der Waals surface area (Å²) in [4.78, 5) is 37.3. The zero-order chi connectivity index (χ0) is 15.0. The molecule has 3 amide bonds. The predicted octanol–water partition coefficient (Wildman–Crippen LogP) is 0.879. The fraction of sp³-hybridized carbons (Fsp3) is 0.400. The summed E-state index contributed by atoms with van der Waals surface area (Å²) in [5.41, 5.74) is 2.49. The van der Waals surface area contributed by atoms with Gasteiger partial charge in [0.15, 0.2) is 0 Å². The van der Waals surface area contributed by atoms with Crippen LogP contribution in [0.2, 0.25) is 0 Å². The molecule has 0 radical (unpaired) electrons. The summed E-state index contributed by atoms with van der Waals surface area (Å²) in [5, 5.41) is 5.54. The molecule has 1 aromatic rings. The number of hydrogen-bond donors (Lipinski definition) is 2. The molecule has 2 aliphatic rings. The first-order chi connectivity index (χ1) is 10.1. The molecule has 2 heterocycles. The highest BCUT2D eigenvalue weighted by atomic mass is 16.2. The lowest BCUT2D eigenvalue weighted by molar-refractivity contribution is -0.136. The van der Waals surface area contributed by atoms with Gasteiger partial charge < -0.3 is 10.2 Å². The van der Waals surface area contributed by atoms with Crippen LogP contribution in [0.3, 0.4) is 0 Å². The molecule has 6 nitrogen and oxygen atoms in total. The molecule has 21 heavy (non-hydrogen) atoms. The molecular formula is C15H17N3O3. The van der Waals surface area contributed by atoms with Gasteiger partial charge in [0.25, 0.3) is 5.91 Å². The number of benzene rings is 1. The van der Waals surface area contributed by atoms with Crippen LogP contribution < -0.4 is 10.6 Å². The van der Waals surface area contributed by atoms with Crippen molar-refractivity contribution in [3.05, 3.63) is 29.3 Å². The standard InChI is InChI=1S/C15H17N3O3/c1-2-16-11-5-3-4-9-10(11)8-18(15(9)21)12-6-7-13(19)17-14(12)20/h3-5,12,16H,2,6-8H2,1H3,(H,17,19,20). The molecule has 1 aromatic carbocycles. The monoisotopic (exact) mass is 287 g/mol. The fourth-order valence-electron chi connectivity index (χ4n) is 2.94. The Morgan fingerprint density at radius 2 is 2.14 bits per heavy atom. The first-order valence-electron chi connectivity index (χ1n) is 7.12. The summed E-state index contributed by atoms with van der Waals surface area (Å²) < 4.78 is 0. The van der Waals surface area contributed by atoms with E-state index in [-0.39, 0.29) is 24.1 Å². The maximum absolute atomic E-state index is 12.5. The van der Waals surface area contributed by atoms with Gasteiger partial charge in [-0.25, -0.2) is 0 Å². The second-order valence-electron chi connectivity index (χ2n) is 5.26. The maximum atomic E-state index is 12.5. The number of nitrogens with zero attached hydrogens (tertiary/aromatic N) is 1. The fourth-order valence-corrected chi connectivity index (χ4v) is 2.94. The molecule has 1 saturated heterocycles. The van der Waals surface area contributed by atoms with Crippen molar-refractivity contribution in [2.45, 2.75) is 32.4 Å². The third kappa shape index (κ3) is 2.26. The van der Waals surface area contributed by atoms with Crippen LogP contribution in [-0.4, -0.2) is 35.2 Å². The third-order valence-electron chi connectivity index (χ3n) is 3.95. The molecule has 1 atom stereocenters. The van der Waals surface area contributed by atoms with Crippen LogP contribution in [0.15, 0.2) is 18.2 Å². The molecule has 0 aliphatic carbocycles. The van der Waals surface area contributed by atoms with Crippen molar-refractivity contribution in [3.8, 4) is 0 Å². The van der Waals surface area contributed by atoms with Crippen LogP contribution in [0.25, 0.3) is 0 Å². The van der Waals surface area contributed by atoms with E-state index in [2.05, 4.69) is 10.6 Å². The van der Waals surface area contributed by atoms with Crippen molar-refractivity contribution in [2.24, 2.45) is 0 Å². The molecule has 1 unspecified atom stereocenters. The lowest BCUT2D eigenvalue weighted by Gasteiger charge is -2.29. The number of hydrogen-bond acceptors (Lipinski definition) is 4. The largest absolute Gasteiger partial charge is 0.385 e. The molecule has 6 heteroatoms. The van der Waals surface area contributed by atoms with Gasteiger partial charge in [0.1, 0.15) is 6.04 Å². The number of amides is 3. The van der Waals surface area contributed by atoms with Crippen LogP contribution in [0.5, 0.6) is 0 Å². The number of imide groups is 1. The quantitative estimate of drug-likeness (QED) is 0.809. The van der Waals surface area contributed by atoms with Crippen molar-refractivity contribution < 1.29 is 14.4 Å². The van der Waals surface area contributed by atoms with E-state index in [4.69, 9.17) is 0 Å². The minimum Gasteiger partial charge on any atom is -0.385 e. The SMILES string of the molecule is CCNc1cccc2c1CN(C1CCC(=O)NC1=O)C2=O. The van der Waals surface area contributed by atoms with Crippen molar-refractivity contribution in [1.29, 1.82) is 0 Å². The highest BCUT2D eigenvalue weighted by Gasteiger charge is 2.39. The van der Waals surface area contributed by atoms with Gasteiger partial charge in [-0.1, -0.05) is 6.07 Å². The molecule has 3 rings (SSSR count). The van der Waals surface area contributed by atoms with Crippen LogP contribution >= 0.6 is 0 Å². The Morgan fingerprint density at radius 3 is 2.86 bits per heavy atom. The Bertz CT molecular complexity index is 627. The van der Waals surface area contributed by atoms with E-state index < -0.39 is 6.04 Å². The molecule has 0 saturated carbocycles. The van der Waals surface area contributed by atoms with E-state index in [1.54, 1.807) is 11.0 Å². The van der Waals surface area contributed by atoms with E-state index >= 15 is 0 Å². The maximum Gasteiger partial charge on any atom is 0.255 e. The van der Waals surface area contributed by atoms with Gasteiger partial charge in [-0.3, -0.25) is 19.7 Å². The molecule has 0 aromatic heterocycles. The predicted molar refractivity (Wildman–Crippen MR) is 76.7 cm³/mol. The van der Waals surface area contributed by atoms with Gasteiger partial charge >= 0.3 is 0 Å². The van der Waals surface area contributed by atoms with Crippen LogP contribution in [0.4, 0.5) is 5.69 Å². The first kappa shape index (κ1) is 13.6. The van der Waals surface area contributed by atoms with Gasteiger partial charge in [0, 0.05) is 36.3 Å². The van der Waals surface area contributed by atoms with Crippen LogP contribution in [0, 0.1) is 0 Å². The zero-order valence-corrected chi connectivity index (χ0v) is 11.8.